The highest BCUT2D eigenvalue weighted by Crippen LogP contribution is 2.16. The van der Waals surface area contributed by atoms with Gasteiger partial charge < -0.3 is 19.5 Å². The number of hydrogen-bond donors (Lipinski definition) is 1. The van der Waals surface area contributed by atoms with Crippen molar-refractivity contribution in [3.63, 3.8) is 0 Å². The molecule has 0 aromatic heterocycles. The summed E-state index contributed by atoms with van der Waals surface area (Å²) in [7, 11) is 0. The standard InChI is InChI=1S/C21H25NO5/c1-4-25-18-11-7-17(8-12-18)22-21(24)16(3)27-20(23)13-14-26-19-9-5-15(2)6-10-19/h5-12,16H,4,13-14H2,1-3H3,(H,22,24)/t16-/m1/s1. The van der Waals surface area contributed by atoms with Crippen molar-refractivity contribution in [3.8, 4) is 11.5 Å². The highest BCUT2D eigenvalue weighted by Gasteiger charge is 2.18. The Morgan fingerprint density at radius 3 is 2.19 bits per heavy atom. The number of esters is 1. The van der Waals surface area contributed by atoms with Crippen molar-refractivity contribution in [3.05, 3.63) is 54.1 Å². The number of benzene rings is 2. The fourth-order valence-corrected chi connectivity index (χ4v) is 2.24. The number of anilines is 1. The molecule has 0 heterocycles. The van der Waals surface area contributed by atoms with Crippen LogP contribution in [0.4, 0.5) is 5.69 Å². The molecule has 0 saturated carbocycles. The van der Waals surface area contributed by atoms with Crippen LogP contribution in [-0.4, -0.2) is 31.2 Å². The van der Waals surface area contributed by atoms with Crippen molar-refractivity contribution in [2.24, 2.45) is 0 Å². The third-order valence-corrected chi connectivity index (χ3v) is 3.71. The van der Waals surface area contributed by atoms with Crippen molar-refractivity contribution in [1.82, 2.24) is 0 Å². The largest absolute Gasteiger partial charge is 0.494 e. The quantitative estimate of drug-likeness (QED) is 0.680. The Morgan fingerprint density at radius 2 is 1.56 bits per heavy atom. The average molecular weight is 371 g/mol. The van der Waals surface area contributed by atoms with E-state index in [4.69, 9.17) is 14.2 Å². The molecule has 27 heavy (non-hydrogen) atoms. The molecule has 1 atom stereocenters. The van der Waals surface area contributed by atoms with Gasteiger partial charge in [0.1, 0.15) is 11.5 Å². The third kappa shape index (κ3) is 7.01. The number of nitrogens with one attached hydrogen (secondary N) is 1. The van der Waals surface area contributed by atoms with Gasteiger partial charge in [0.15, 0.2) is 6.10 Å². The molecule has 6 heteroatoms. The Hall–Kier alpha value is -3.02. The van der Waals surface area contributed by atoms with E-state index in [0.29, 0.717) is 18.0 Å². The molecule has 1 amide bonds. The summed E-state index contributed by atoms with van der Waals surface area (Å²) in [6.45, 7) is 6.18. The molecule has 0 aliphatic carbocycles. The van der Waals surface area contributed by atoms with Crippen LogP contribution >= 0.6 is 0 Å². The number of ether oxygens (including phenoxy) is 3. The summed E-state index contributed by atoms with van der Waals surface area (Å²) >= 11 is 0. The normalized spacial score (nSPS) is 11.4. The monoisotopic (exact) mass is 371 g/mol. The summed E-state index contributed by atoms with van der Waals surface area (Å²) in [6.07, 6.45) is -0.836. The summed E-state index contributed by atoms with van der Waals surface area (Å²) in [6, 6.07) is 14.5. The fraction of sp³-hybridized carbons (Fsp3) is 0.333. The highest BCUT2D eigenvalue weighted by atomic mass is 16.5. The first-order valence-corrected chi connectivity index (χ1v) is 8.90. The van der Waals surface area contributed by atoms with Crippen molar-refractivity contribution in [1.29, 1.82) is 0 Å². The van der Waals surface area contributed by atoms with E-state index < -0.39 is 18.0 Å². The van der Waals surface area contributed by atoms with E-state index in [1.807, 2.05) is 38.1 Å². The maximum atomic E-state index is 12.1. The topological polar surface area (TPSA) is 73.9 Å². The van der Waals surface area contributed by atoms with Gasteiger partial charge in [-0.15, -0.1) is 0 Å². The minimum Gasteiger partial charge on any atom is -0.494 e. The Morgan fingerprint density at radius 1 is 0.963 bits per heavy atom. The summed E-state index contributed by atoms with van der Waals surface area (Å²) in [4.78, 5) is 24.0. The van der Waals surface area contributed by atoms with Gasteiger partial charge in [0.05, 0.1) is 19.6 Å². The van der Waals surface area contributed by atoms with Crippen LogP contribution in [0.15, 0.2) is 48.5 Å². The number of rotatable bonds is 9. The van der Waals surface area contributed by atoms with E-state index in [1.165, 1.54) is 6.92 Å². The zero-order chi connectivity index (χ0) is 19.6. The van der Waals surface area contributed by atoms with Gasteiger partial charge in [0.25, 0.3) is 5.91 Å². The van der Waals surface area contributed by atoms with Crippen molar-refractivity contribution in [2.75, 3.05) is 18.5 Å². The van der Waals surface area contributed by atoms with Crippen molar-refractivity contribution >= 4 is 17.6 Å². The van der Waals surface area contributed by atoms with E-state index >= 15 is 0 Å². The molecule has 0 aliphatic rings. The van der Waals surface area contributed by atoms with Crippen molar-refractivity contribution < 1.29 is 23.8 Å². The number of carbonyl (C=O) groups is 2. The minimum absolute atomic E-state index is 0.0640. The van der Waals surface area contributed by atoms with E-state index in [1.54, 1.807) is 24.3 Å². The molecule has 144 valence electrons. The van der Waals surface area contributed by atoms with Crippen LogP contribution in [-0.2, 0) is 14.3 Å². The summed E-state index contributed by atoms with van der Waals surface area (Å²) in [5.41, 5.74) is 1.74. The number of amides is 1. The van der Waals surface area contributed by atoms with Gasteiger partial charge in [0, 0.05) is 5.69 Å². The second-order valence-electron chi connectivity index (χ2n) is 5.99. The van der Waals surface area contributed by atoms with Crippen LogP contribution in [0.5, 0.6) is 11.5 Å². The second-order valence-corrected chi connectivity index (χ2v) is 5.99. The first-order valence-electron chi connectivity index (χ1n) is 8.90. The molecular formula is C21H25NO5. The molecule has 0 fully saturated rings. The second kappa shape index (κ2) is 10.2. The predicted octanol–water partition coefficient (Wildman–Crippen LogP) is 3.73. The SMILES string of the molecule is CCOc1ccc(NC(=O)[C@@H](C)OC(=O)CCOc2ccc(C)cc2)cc1. The molecule has 0 radical (unpaired) electrons. The van der Waals surface area contributed by atoms with Crippen LogP contribution < -0.4 is 14.8 Å². The Kier molecular flexibility index (Phi) is 7.67. The Bertz CT molecular complexity index is 740. The van der Waals surface area contributed by atoms with E-state index in [9.17, 15) is 9.59 Å². The van der Waals surface area contributed by atoms with E-state index in [2.05, 4.69) is 5.32 Å². The first kappa shape index (κ1) is 20.3. The average Bonchev–Trinajstić information content (AvgIpc) is 2.65. The molecule has 2 rings (SSSR count). The zero-order valence-electron chi connectivity index (χ0n) is 15.9. The smallest absolute Gasteiger partial charge is 0.310 e. The molecule has 0 unspecified atom stereocenters. The molecule has 2 aromatic carbocycles. The van der Waals surface area contributed by atoms with Gasteiger partial charge in [-0.3, -0.25) is 9.59 Å². The molecule has 0 aliphatic heterocycles. The highest BCUT2D eigenvalue weighted by molar-refractivity contribution is 5.95. The molecule has 0 bridgehead atoms. The summed E-state index contributed by atoms with van der Waals surface area (Å²) in [5.74, 6) is 0.529. The fourth-order valence-electron chi connectivity index (χ4n) is 2.24. The van der Waals surface area contributed by atoms with Crippen LogP contribution in [0.2, 0.25) is 0 Å². The maximum absolute atomic E-state index is 12.1. The van der Waals surface area contributed by atoms with Gasteiger partial charge in [-0.05, 0) is 57.2 Å². The minimum atomic E-state index is -0.900. The molecular weight excluding hydrogens is 346 g/mol. The van der Waals surface area contributed by atoms with Crippen LogP contribution in [0.1, 0.15) is 25.8 Å². The lowest BCUT2D eigenvalue weighted by molar-refractivity contribution is -0.153. The number of aryl methyl sites for hydroxylation is 1. The van der Waals surface area contributed by atoms with Gasteiger partial charge in [-0.25, -0.2) is 0 Å². The number of carbonyl (C=O) groups excluding carboxylic acids is 2. The van der Waals surface area contributed by atoms with E-state index in [-0.39, 0.29) is 13.0 Å². The van der Waals surface area contributed by atoms with E-state index in [0.717, 1.165) is 11.3 Å². The van der Waals surface area contributed by atoms with Gasteiger partial charge in [-0.1, -0.05) is 17.7 Å². The van der Waals surface area contributed by atoms with Crippen LogP contribution in [0, 0.1) is 6.92 Å². The van der Waals surface area contributed by atoms with Gasteiger partial charge >= 0.3 is 5.97 Å². The molecule has 1 N–H and O–H groups in total. The first-order chi connectivity index (χ1) is 13.0. The molecule has 0 spiro atoms. The predicted molar refractivity (Wildman–Crippen MR) is 103 cm³/mol. The maximum Gasteiger partial charge on any atom is 0.310 e. The Balaban J connectivity index is 1.72. The lowest BCUT2D eigenvalue weighted by atomic mass is 10.2. The summed E-state index contributed by atoms with van der Waals surface area (Å²) in [5, 5.41) is 2.70. The third-order valence-electron chi connectivity index (χ3n) is 3.71. The lowest BCUT2D eigenvalue weighted by Crippen LogP contribution is -2.30. The van der Waals surface area contributed by atoms with Crippen molar-refractivity contribution in [2.45, 2.75) is 33.3 Å². The van der Waals surface area contributed by atoms with Crippen LogP contribution in [0.25, 0.3) is 0 Å². The van der Waals surface area contributed by atoms with Crippen LogP contribution in [0.3, 0.4) is 0 Å². The van der Waals surface area contributed by atoms with Gasteiger partial charge in [-0.2, -0.15) is 0 Å². The summed E-state index contributed by atoms with van der Waals surface area (Å²) < 4.78 is 16.0. The number of hydrogen-bond acceptors (Lipinski definition) is 5. The molecule has 0 saturated heterocycles. The molecule has 6 nitrogen and oxygen atoms in total. The molecule has 2 aromatic rings. The van der Waals surface area contributed by atoms with Gasteiger partial charge in [0.2, 0.25) is 0 Å². The zero-order valence-corrected chi connectivity index (χ0v) is 15.9. The Labute approximate surface area is 159 Å². The lowest BCUT2D eigenvalue weighted by Gasteiger charge is -2.14.